The van der Waals surface area contributed by atoms with Crippen molar-refractivity contribution in [2.75, 3.05) is 85.1 Å². The summed E-state index contributed by atoms with van der Waals surface area (Å²) < 4.78 is 0. The standard InChI is InChI=1S/C25H37N5O9.Gd/c31-21(30(19-25(38)39)14-20-4-2-1-3-5-20)15-26-6-8-27(16-22(32)33)10-12-29(18-24(36)37)13-11-28(9-7-26)17-23(34)35;/h1-5H,6-19H2,(H,32,33)(H,34,35)(H,36,37)(H,38,39);. The third-order valence-electron chi connectivity index (χ3n) is 6.26. The monoisotopic (exact) mass is 709 g/mol. The van der Waals surface area contributed by atoms with Gasteiger partial charge in [-0.15, -0.1) is 0 Å². The van der Waals surface area contributed by atoms with Crippen LogP contribution in [0.3, 0.4) is 0 Å². The molecule has 14 nitrogen and oxygen atoms in total. The van der Waals surface area contributed by atoms with Gasteiger partial charge in [0, 0.05) is 98.8 Å². The van der Waals surface area contributed by atoms with Crippen molar-refractivity contribution in [3.8, 4) is 0 Å². The van der Waals surface area contributed by atoms with Gasteiger partial charge >= 0.3 is 23.9 Å². The van der Waals surface area contributed by atoms with E-state index < -0.39 is 36.3 Å². The summed E-state index contributed by atoms with van der Waals surface area (Å²) in [4.78, 5) is 66.8. The number of hydrogen-bond donors (Lipinski definition) is 4. The zero-order valence-corrected chi connectivity index (χ0v) is 24.5. The fourth-order valence-corrected chi connectivity index (χ4v) is 4.28. The van der Waals surface area contributed by atoms with Gasteiger partial charge in [0.1, 0.15) is 6.54 Å². The third kappa shape index (κ3) is 14.9. The maximum absolute atomic E-state index is 13.2. The molecule has 40 heavy (non-hydrogen) atoms. The second-order valence-electron chi connectivity index (χ2n) is 9.41. The summed E-state index contributed by atoms with van der Waals surface area (Å²) >= 11 is 0. The van der Waals surface area contributed by atoms with Crippen LogP contribution in [0.1, 0.15) is 5.56 Å². The Hall–Kier alpha value is -2.27. The van der Waals surface area contributed by atoms with Crippen LogP contribution in [0.4, 0.5) is 0 Å². The molecule has 0 atom stereocenters. The van der Waals surface area contributed by atoms with E-state index in [-0.39, 0.29) is 125 Å². The molecular formula is C25H37GdN5O9. The second kappa shape index (κ2) is 19.0. The van der Waals surface area contributed by atoms with Crippen LogP contribution in [0, 0.1) is 39.9 Å². The molecule has 1 aliphatic rings. The molecule has 1 aromatic rings. The molecule has 0 unspecified atom stereocenters. The van der Waals surface area contributed by atoms with Crippen LogP contribution in [0.2, 0.25) is 0 Å². The maximum Gasteiger partial charge on any atom is 0.323 e. The molecule has 1 aliphatic heterocycles. The largest absolute Gasteiger partial charge is 0.480 e. The van der Waals surface area contributed by atoms with Gasteiger partial charge in [-0.05, 0) is 5.56 Å². The Bertz CT molecular complexity index is 953. The van der Waals surface area contributed by atoms with Gasteiger partial charge < -0.3 is 25.3 Å². The molecule has 0 saturated carbocycles. The van der Waals surface area contributed by atoms with Crippen LogP contribution in [0.25, 0.3) is 0 Å². The predicted octanol–water partition coefficient (Wildman–Crippen LogP) is -1.42. The van der Waals surface area contributed by atoms with Gasteiger partial charge in [0.15, 0.2) is 0 Å². The number of benzene rings is 1. The third-order valence-corrected chi connectivity index (χ3v) is 6.26. The first-order chi connectivity index (χ1) is 18.5. The van der Waals surface area contributed by atoms with Crippen molar-refractivity contribution >= 4 is 29.8 Å². The molecule has 0 spiro atoms. The van der Waals surface area contributed by atoms with Gasteiger partial charge in [0.05, 0.1) is 26.2 Å². The van der Waals surface area contributed by atoms with Gasteiger partial charge in [0.2, 0.25) is 5.91 Å². The van der Waals surface area contributed by atoms with Gasteiger partial charge in [-0.25, -0.2) is 0 Å². The molecule has 1 fully saturated rings. The molecule has 0 bridgehead atoms. The summed E-state index contributed by atoms with van der Waals surface area (Å²) in [5.74, 6) is -4.70. The van der Waals surface area contributed by atoms with Gasteiger partial charge in [-0.2, -0.15) is 0 Å². The van der Waals surface area contributed by atoms with Crippen LogP contribution < -0.4 is 0 Å². The number of carboxylic acids is 4. The molecular weight excluding hydrogens is 672 g/mol. The van der Waals surface area contributed by atoms with Crippen molar-refractivity contribution in [2.45, 2.75) is 6.54 Å². The van der Waals surface area contributed by atoms with E-state index in [0.717, 1.165) is 5.56 Å². The molecule has 0 radical (unpaired) electrons. The average molecular weight is 709 g/mol. The van der Waals surface area contributed by atoms with Crippen molar-refractivity contribution in [3.05, 3.63) is 35.9 Å². The van der Waals surface area contributed by atoms with E-state index in [1.165, 1.54) is 4.90 Å². The fraction of sp³-hybridized carbons (Fsp3) is 0.560. The quantitative estimate of drug-likeness (QED) is 0.199. The Morgan fingerprint density at radius 1 is 0.575 bits per heavy atom. The predicted molar refractivity (Wildman–Crippen MR) is 138 cm³/mol. The topological polar surface area (TPSA) is 182 Å². The van der Waals surface area contributed by atoms with E-state index in [9.17, 15) is 44.4 Å². The number of rotatable bonds is 12. The van der Waals surface area contributed by atoms with Crippen molar-refractivity contribution < 1.29 is 84.3 Å². The van der Waals surface area contributed by atoms with Gasteiger partial charge in [0.25, 0.3) is 0 Å². The maximum atomic E-state index is 13.2. The smallest absolute Gasteiger partial charge is 0.323 e. The van der Waals surface area contributed by atoms with E-state index in [0.29, 0.717) is 0 Å². The molecule has 15 heteroatoms. The van der Waals surface area contributed by atoms with Gasteiger partial charge in [-0.3, -0.25) is 43.6 Å². The molecule has 1 heterocycles. The van der Waals surface area contributed by atoms with E-state index in [2.05, 4.69) is 0 Å². The number of hydrogen-bond acceptors (Lipinski definition) is 9. The normalized spacial score (nSPS) is 16.6. The van der Waals surface area contributed by atoms with Crippen molar-refractivity contribution in [3.63, 3.8) is 0 Å². The molecule has 0 aromatic heterocycles. The minimum absolute atomic E-state index is 0. The summed E-state index contributed by atoms with van der Waals surface area (Å²) in [5.41, 5.74) is 0.770. The van der Waals surface area contributed by atoms with Crippen molar-refractivity contribution in [2.24, 2.45) is 0 Å². The average Bonchev–Trinajstić information content (AvgIpc) is 2.84. The zero-order chi connectivity index (χ0) is 28.8. The number of nitrogens with zero attached hydrogens (tertiary/aromatic N) is 5. The Morgan fingerprint density at radius 2 is 0.925 bits per heavy atom. The molecule has 224 valence electrons. The molecule has 0 aliphatic carbocycles. The number of amides is 1. The van der Waals surface area contributed by atoms with Crippen LogP contribution >= 0.6 is 0 Å². The summed E-state index contributed by atoms with van der Waals surface area (Å²) in [6, 6.07) is 8.98. The van der Waals surface area contributed by atoms with E-state index in [1.54, 1.807) is 43.9 Å². The van der Waals surface area contributed by atoms with Crippen LogP contribution in [0.5, 0.6) is 0 Å². The van der Waals surface area contributed by atoms with Crippen LogP contribution in [-0.2, 0) is 30.5 Å². The Labute approximate surface area is 264 Å². The molecule has 1 saturated heterocycles. The number of aliphatic carboxylic acids is 4. The van der Waals surface area contributed by atoms with Crippen LogP contribution in [0.15, 0.2) is 30.3 Å². The van der Waals surface area contributed by atoms with E-state index in [1.807, 2.05) is 6.07 Å². The molecule has 1 aromatic carbocycles. The summed E-state index contributed by atoms with van der Waals surface area (Å²) in [6.07, 6.45) is 0. The number of carbonyl (C=O) groups excluding carboxylic acids is 1. The van der Waals surface area contributed by atoms with Crippen molar-refractivity contribution in [1.82, 2.24) is 24.5 Å². The minimum Gasteiger partial charge on any atom is -0.480 e. The van der Waals surface area contributed by atoms with Gasteiger partial charge in [-0.1, -0.05) is 30.3 Å². The van der Waals surface area contributed by atoms with Crippen molar-refractivity contribution in [1.29, 1.82) is 0 Å². The minimum atomic E-state index is -1.15. The molecule has 4 N–H and O–H groups in total. The number of carbonyl (C=O) groups is 5. The Morgan fingerprint density at radius 3 is 1.25 bits per heavy atom. The first-order valence-corrected chi connectivity index (χ1v) is 12.6. The number of carboxylic acid groups (broad SMARTS) is 4. The Balaban J connectivity index is 0.00000800. The van der Waals surface area contributed by atoms with E-state index in [4.69, 9.17) is 0 Å². The first-order valence-electron chi connectivity index (χ1n) is 12.6. The summed E-state index contributed by atoms with van der Waals surface area (Å²) in [7, 11) is 0. The first kappa shape index (κ1) is 35.8. The molecule has 2 rings (SSSR count). The fourth-order valence-electron chi connectivity index (χ4n) is 4.28. The summed E-state index contributed by atoms with van der Waals surface area (Å²) in [6.45, 7) is 0.804. The Kier molecular flexibility index (Phi) is 17.0. The van der Waals surface area contributed by atoms with Crippen LogP contribution in [-0.4, -0.2) is 160 Å². The zero-order valence-electron chi connectivity index (χ0n) is 22.2. The SMILES string of the molecule is O=C(O)CN1CCN(CC(=O)O)CCN(CC(=O)N(CC(=O)O)Cc2ccccc2)CCN(CC(=O)O)CC1.[Gd]. The molecule has 1 amide bonds. The second-order valence-corrected chi connectivity index (χ2v) is 9.41. The summed E-state index contributed by atoms with van der Waals surface area (Å²) in [5, 5.41) is 37.3. The van der Waals surface area contributed by atoms with E-state index >= 15 is 0 Å².